The van der Waals surface area contributed by atoms with E-state index in [1.54, 1.807) is 16.9 Å². The molecule has 2 aromatic rings. The van der Waals surface area contributed by atoms with Gasteiger partial charge < -0.3 is 4.90 Å². The van der Waals surface area contributed by atoms with Crippen molar-refractivity contribution in [3.63, 3.8) is 0 Å². The third kappa shape index (κ3) is 3.29. The lowest BCUT2D eigenvalue weighted by Gasteiger charge is -2.29. The number of aryl methyl sites for hydroxylation is 1. The number of anilines is 1. The molecule has 0 amide bonds. The molecule has 1 saturated heterocycles. The molecule has 1 aliphatic rings. The van der Waals surface area contributed by atoms with Gasteiger partial charge in [0.05, 0.1) is 11.3 Å². The predicted octanol–water partition coefficient (Wildman–Crippen LogP) is 2.04. The maximum atomic E-state index is 11.4. The predicted molar refractivity (Wildman–Crippen MR) is 84.9 cm³/mol. The minimum atomic E-state index is 0.303. The Hall–Kier alpha value is -2.32. The van der Waals surface area contributed by atoms with Crippen LogP contribution in [0.1, 0.15) is 24.1 Å². The van der Waals surface area contributed by atoms with Crippen LogP contribution in [0.3, 0.4) is 0 Å². The summed E-state index contributed by atoms with van der Waals surface area (Å²) in [6.07, 6.45) is 4.64. The summed E-state index contributed by atoms with van der Waals surface area (Å²) < 4.78 is 1.71. The molecular weight excluding hydrogens is 300 g/mol. The molecule has 0 saturated carbocycles. The minimum Gasteiger partial charge on any atom is -0.370 e. The van der Waals surface area contributed by atoms with E-state index in [9.17, 15) is 4.79 Å². The van der Waals surface area contributed by atoms with E-state index >= 15 is 0 Å². The van der Waals surface area contributed by atoms with Crippen molar-refractivity contribution in [1.29, 1.82) is 0 Å². The normalized spacial score (nSPS) is 14.6. The van der Waals surface area contributed by atoms with Crippen LogP contribution < -0.4 is 4.90 Å². The average Bonchev–Trinajstić information content (AvgIpc) is 2.92. The highest BCUT2D eigenvalue weighted by atomic mass is 35.5. The second-order valence-electron chi connectivity index (χ2n) is 5.17. The molecule has 0 radical (unpaired) electrons. The Balaban J connectivity index is 1.91. The third-order valence-corrected chi connectivity index (χ3v) is 3.76. The van der Waals surface area contributed by atoms with Crippen molar-refractivity contribution in [3.8, 4) is 11.8 Å². The topological polar surface area (TPSA) is 51.0 Å². The number of Topliss-reactive ketones (excluding diaryl/α,β-unsaturated/α-hetero) is 1. The molecule has 0 N–H and O–H groups in total. The molecule has 5 nitrogen and oxygen atoms in total. The second kappa shape index (κ2) is 6.20. The van der Waals surface area contributed by atoms with Crippen LogP contribution in [0.5, 0.6) is 0 Å². The molecule has 0 bridgehead atoms. The van der Waals surface area contributed by atoms with Crippen molar-refractivity contribution in [2.45, 2.75) is 12.8 Å². The Kier molecular flexibility index (Phi) is 4.12. The fourth-order valence-electron chi connectivity index (χ4n) is 2.39. The van der Waals surface area contributed by atoms with E-state index in [4.69, 9.17) is 11.6 Å². The summed E-state index contributed by atoms with van der Waals surface area (Å²) in [7, 11) is 1.85. The van der Waals surface area contributed by atoms with Gasteiger partial charge >= 0.3 is 0 Å². The van der Waals surface area contributed by atoms with Gasteiger partial charge in [-0.25, -0.2) is 4.98 Å². The molecule has 3 rings (SSSR count). The number of aromatic nitrogens is 3. The molecule has 22 heavy (non-hydrogen) atoms. The van der Waals surface area contributed by atoms with Gasteiger partial charge in [-0.2, -0.15) is 5.10 Å². The number of hydrogen-bond acceptors (Lipinski definition) is 4. The Bertz CT molecular complexity index is 762. The lowest BCUT2D eigenvalue weighted by Crippen LogP contribution is -2.34. The van der Waals surface area contributed by atoms with E-state index < -0.39 is 0 Å². The van der Waals surface area contributed by atoms with Crippen LogP contribution in [-0.2, 0) is 11.8 Å². The fourth-order valence-corrected chi connectivity index (χ4v) is 2.54. The lowest BCUT2D eigenvalue weighted by molar-refractivity contribution is -0.119. The maximum absolute atomic E-state index is 11.4. The number of halogens is 1. The van der Waals surface area contributed by atoms with Crippen LogP contribution in [0.15, 0.2) is 24.5 Å². The first kappa shape index (κ1) is 14.6. The summed E-state index contributed by atoms with van der Waals surface area (Å²) in [6, 6.07) is 3.66. The molecule has 0 aliphatic carbocycles. The number of nitrogens with zero attached hydrogens (tertiary/aromatic N) is 4. The molecule has 6 heteroatoms. The van der Waals surface area contributed by atoms with E-state index in [2.05, 4.69) is 26.8 Å². The largest absolute Gasteiger partial charge is 0.370 e. The highest BCUT2D eigenvalue weighted by Gasteiger charge is 2.19. The van der Waals surface area contributed by atoms with Crippen LogP contribution >= 0.6 is 11.6 Å². The van der Waals surface area contributed by atoms with Crippen molar-refractivity contribution in [2.24, 2.45) is 7.05 Å². The van der Waals surface area contributed by atoms with Gasteiger partial charge in [-0.15, -0.1) is 0 Å². The standard InChI is InChI=1S/C16H15ClN4O/c1-20-7-4-13(19-20)3-2-12-11-18-16(17)10-15(12)21-8-5-14(22)6-9-21/h4,7,10-11H,5-6,8-9H2,1H3. The third-order valence-electron chi connectivity index (χ3n) is 3.55. The lowest BCUT2D eigenvalue weighted by atomic mass is 10.1. The molecule has 0 spiro atoms. The molecule has 0 unspecified atom stereocenters. The monoisotopic (exact) mass is 314 g/mol. The molecule has 0 atom stereocenters. The quantitative estimate of drug-likeness (QED) is 0.597. The average molecular weight is 315 g/mol. The van der Waals surface area contributed by atoms with Crippen LogP contribution in [0.4, 0.5) is 5.69 Å². The van der Waals surface area contributed by atoms with Gasteiger partial charge in [0.2, 0.25) is 0 Å². The Morgan fingerprint density at radius 3 is 2.73 bits per heavy atom. The zero-order valence-corrected chi connectivity index (χ0v) is 13.0. The van der Waals surface area contributed by atoms with Crippen molar-refractivity contribution in [3.05, 3.63) is 40.9 Å². The molecule has 1 fully saturated rings. The number of pyridine rings is 1. The summed E-state index contributed by atoms with van der Waals surface area (Å²) in [5.41, 5.74) is 2.43. The number of carbonyl (C=O) groups is 1. The van der Waals surface area contributed by atoms with Crippen molar-refractivity contribution in [1.82, 2.24) is 14.8 Å². The Morgan fingerprint density at radius 2 is 2.05 bits per heavy atom. The van der Waals surface area contributed by atoms with Crippen molar-refractivity contribution in [2.75, 3.05) is 18.0 Å². The van der Waals surface area contributed by atoms with Gasteiger partial charge in [0.25, 0.3) is 0 Å². The van der Waals surface area contributed by atoms with Crippen LogP contribution in [0, 0.1) is 11.8 Å². The molecular formula is C16H15ClN4O. The summed E-state index contributed by atoms with van der Waals surface area (Å²) in [5, 5.41) is 4.66. The first-order chi connectivity index (χ1) is 10.6. The van der Waals surface area contributed by atoms with E-state index in [1.807, 2.05) is 19.3 Å². The van der Waals surface area contributed by atoms with Gasteiger partial charge in [0, 0.05) is 51.4 Å². The number of hydrogen-bond donors (Lipinski definition) is 0. The van der Waals surface area contributed by atoms with Crippen LogP contribution in [0.25, 0.3) is 0 Å². The van der Waals surface area contributed by atoms with Crippen LogP contribution in [0.2, 0.25) is 5.15 Å². The molecule has 0 aromatic carbocycles. The SMILES string of the molecule is Cn1ccc(C#Cc2cnc(Cl)cc2N2CCC(=O)CC2)n1. The number of carbonyl (C=O) groups excluding carboxylic acids is 1. The molecule has 2 aromatic heterocycles. The smallest absolute Gasteiger partial charge is 0.136 e. The maximum Gasteiger partial charge on any atom is 0.136 e. The summed E-state index contributed by atoms with van der Waals surface area (Å²) in [6.45, 7) is 1.38. The first-order valence-corrected chi connectivity index (χ1v) is 7.43. The molecule has 1 aliphatic heterocycles. The fraction of sp³-hybridized carbons (Fsp3) is 0.312. The van der Waals surface area contributed by atoms with Gasteiger partial charge in [-0.1, -0.05) is 17.5 Å². The highest BCUT2D eigenvalue weighted by molar-refractivity contribution is 6.29. The Morgan fingerprint density at radius 1 is 1.27 bits per heavy atom. The summed E-state index contributed by atoms with van der Waals surface area (Å²) >= 11 is 6.02. The van der Waals surface area contributed by atoms with Gasteiger partial charge in [-0.3, -0.25) is 9.48 Å². The molecule has 3 heterocycles. The summed E-state index contributed by atoms with van der Waals surface area (Å²) in [4.78, 5) is 17.6. The van der Waals surface area contributed by atoms with Crippen LogP contribution in [-0.4, -0.2) is 33.6 Å². The van der Waals surface area contributed by atoms with Gasteiger partial charge in [0.1, 0.15) is 16.6 Å². The van der Waals surface area contributed by atoms with Gasteiger partial charge in [-0.05, 0) is 12.0 Å². The Labute approximate surface area is 133 Å². The summed E-state index contributed by atoms with van der Waals surface area (Å²) in [5.74, 6) is 6.44. The molecule has 112 valence electrons. The van der Waals surface area contributed by atoms with E-state index in [-0.39, 0.29) is 0 Å². The van der Waals surface area contributed by atoms with E-state index in [1.165, 1.54) is 0 Å². The zero-order chi connectivity index (χ0) is 15.5. The number of piperidine rings is 1. The zero-order valence-electron chi connectivity index (χ0n) is 12.2. The van der Waals surface area contributed by atoms with Gasteiger partial charge in [0.15, 0.2) is 0 Å². The number of ketones is 1. The highest BCUT2D eigenvalue weighted by Crippen LogP contribution is 2.25. The minimum absolute atomic E-state index is 0.303. The number of rotatable bonds is 1. The van der Waals surface area contributed by atoms with Crippen molar-refractivity contribution >= 4 is 23.1 Å². The first-order valence-electron chi connectivity index (χ1n) is 7.06. The van der Waals surface area contributed by atoms with E-state index in [0.717, 1.165) is 11.3 Å². The van der Waals surface area contributed by atoms with Crippen molar-refractivity contribution < 1.29 is 4.79 Å². The van der Waals surface area contributed by atoms with E-state index in [0.29, 0.717) is 42.6 Å². The second-order valence-corrected chi connectivity index (χ2v) is 5.56.